The molecule has 0 N–H and O–H groups in total. The van der Waals surface area contributed by atoms with Crippen LogP contribution in [-0.4, -0.2) is 34.2 Å². The number of fused-ring (bicyclic) bond motifs is 4. The van der Waals surface area contributed by atoms with Crippen LogP contribution in [0, 0.1) is 9.67 Å². The van der Waals surface area contributed by atoms with Gasteiger partial charge in [-0.25, -0.2) is 9.13 Å². The van der Waals surface area contributed by atoms with Gasteiger partial charge in [-0.3, -0.25) is 9.59 Å². The number of hydrogen-bond acceptors (Lipinski definition) is 8. The van der Waals surface area contributed by atoms with E-state index in [2.05, 4.69) is 74.5 Å². The summed E-state index contributed by atoms with van der Waals surface area (Å²) < 4.78 is 27.5. The zero-order valence-electron chi connectivity index (χ0n) is 36.4. The molecule has 0 radical (unpaired) electrons. The zero-order chi connectivity index (χ0) is 45.3. The van der Waals surface area contributed by atoms with Crippen LogP contribution in [-0.2, 0) is 0 Å². The number of benzene rings is 8. The third kappa shape index (κ3) is 7.92. The summed E-state index contributed by atoms with van der Waals surface area (Å²) in [6.45, 7) is 5.49. The predicted molar refractivity (Wildman–Crippen MR) is 268 cm³/mol. The highest BCUT2D eigenvalue weighted by atomic mass is 32.1. The van der Waals surface area contributed by atoms with Gasteiger partial charge in [0.15, 0.2) is 11.2 Å². The molecule has 66 heavy (non-hydrogen) atoms. The second kappa shape index (κ2) is 18.2. The molecule has 2 aromatic heterocycles. The largest absolute Gasteiger partial charge is 0.493 e. The van der Waals surface area contributed by atoms with Crippen molar-refractivity contribution in [1.29, 1.82) is 0 Å². The molecule has 0 aliphatic carbocycles. The Hall–Kier alpha value is -7.40. The molecule has 0 spiro atoms. The lowest BCUT2D eigenvalue weighted by molar-refractivity contribution is 0.0951. The third-order valence-electron chi connectivity index (χ3n) is 12.0. The summed E-state index contributed by atoms with van der Waals surface area (Å²) in [7, 11) is 0. The van der Waals surface area contributed by atoms with E-state index < -0.39 is 0 Å². The summed E-state index contributed by atoms with van der Waals surface area (Å²) in [5, 5.41) is 4.13. The Labute approximate surface area is 391 Å². The van der Waals surface area contributed by atoms with Gasteiger partial charge in [-0.2, -0.15) is 0 Å². The normalized spacial score (nSPS) is 11.5. The summed E-state index contributed by atoms with van der Waals surface area (Å²) in [5.41, 5.74) is 9.31. The lowest BCUT2D eigenvalue weighted by atomic mass is 9.89. The molecule has 0 aliphatic rings. The van der Waals surface area contributed by atoms with Crippen molar-refractivity contribution in [3.8, 4) is 44.9 Å². The SMILES string of the molecule is CCCCOc1ccc2cc(-c3ccc(C(=O)n4c(=S)oc5ccccc54)cc3)ccc2c1-c1c(OCCCC)ccc2cc(-c3ccc(C(=O)n4c(=S)oc5ccccc54)cc3)ccc12. The summed E-state index contributed by atoms with van der Waals surface area (Å²) in [5.74, 6) is 1.09. The van der Waals surface area contributed by atoms with E-state index in [-0.39, 0.29) is 21.5 Å². The number of carbonyl (C=O) groups is 2. The maximum atomic E-state index is 13.7. The number of unbranched alkanes of at least 4 members (excludes halogenated alkanes) is 2. The molecule has 0 aliphatic heterocycles. The average molecular weight is 905 g/mol. The molecular weight excluding hydrogens is 861 g/mol. The quantitative estimate of drug-likeness (QED) is 0.0835. The molecule has 0 unspecified atom stereocenters. The molecule has 8 aromatic carbocycles. The van der Waals surface area contributed by atoms with Gasteiger partial charge in [0.25, 0.3) is 21.5 Å². The van der Waals surface area contributed by atoms with Crippen molar-refractivity contribution in [3.63, 3.8) is 0 Å². The molecule has 8 nitrogen and oxygen atoms in total. The Morgan fingerprint density at radius 2 is 0.879 bits per heavy atom. The molecule has 10 heteroatoms. The molecule has 0 atom stereocenters. The van der Waals surface area contributed by atoms with Crippen LogP contribution in [0.4, 0.5) is 0 Å². The Morgan fingerprint density at radius 3 is 1.29 bits per heavy atom. The van der Waals surface area contributed by atoms with E-state index in [4.69, 9.17) is 42.7 Å². The van der Waals surface area contributed by atoms with Crippen molar-refractivity contribution in [2.24, 2.45) is 0 Å². The summed E-state index contributed by atoms with van der Waals surface area (Å²) in [6, 6.07) is 51.2. The lowest BCUT2D eigenvalue weighted by Gasteiger charge is -2.20. The monoisotopic (exact) mass is 904 g/mol. The second-order valence-corrected chi connectivity index (χ2v) is 17.0. The number of hydrogen-bond donors (Lipinski definition) is 0. The highest BCUT2D eigenvalue weighted by Crippen LogP contribution is 2.47. The van der Waals surface area contributed by atoms with E-state index >= 15 is 0 Å². The first-order chi connectivity index (χ1) is 32.3. The van der Waals surface area contributed by atoms with Crippen LogP contribution in [0.15, 0.2) is 167 Å². The first-order valence-corrected chi connectivity index (χ1v) is 23.0. The maximum Gasteiger partial charge on any atom is 0.276 e. The van der Waals surface area contributed by atoms with Crippen LogP contribution in [0.2, 0.25) is 0 Å². The topological polar surface area (TPSA) is 88.7 Å². The van der Waals surface area contributed by atoms with Gasteiger partial charge in [-0.05, 0) is 154 Å². The molecule has 2 heterocycles. The van der Waals surface area contributed by atoms with E-state index in [1.165, 1.54) is 9.13 Å². The average Bonchev–Trinajstić information content (AvgIpc) is 3.88. The second-order valence-electron chi connectivity index (χ2n) is 16.3. The van der Waals surface area contributed by atoms with E-state index in [1.54, 1.807) is 12.1 Å². The van der Waals surface area contributed by atoms with Crippen LogP contribution in [0.5, 0.6) is 11.5 Å². The van der Waals surface area contributed by atoms with Gasteiger partial charge in [0.1, 0.15) is 11.5 Å². The smallest absolute Gasteiger partial charge is 0.276 e. The van der Waals surface area contributed by atoms with E-state index in [1.807, 2.05) is 84.9 Å². The Balaban J connectivity index is 1.03. The molecule has 0 amide bonds. The lowest BCUT2D eigenvalue weighted by Crippen LogP contribution is -2.11. The third-order valence-corrected chi connectivity index (χ3v) is 12.6. The first-order valence-electron chi connectivity index (χ1n) is 22.2. The van der Waals surface area contributed by atoms with Crippen molar-refractivity contribution < 1.29 is 27.9 Å². The Kier molecular flexibility index (Phi) is 11.8. The van der Waals surface area contributed by atoms with E-state index in [0.29, 0.717) is 46.5 Å². The van der Waals surface area contributed by atoms with Crippen LogP contribution >= 0.6 is 24.4 Å². The number of ether oxygens (including phenoxy) is 2. The highest BCUT2D eigenvalue weighted by molar-refractivity contribution is 7.71. The number of carbonyl (C=O) groups excluding carboxylic acids is 2. The Morgan fingerprint density at radius 1 is 0.485 bits per heavy atom. The summed E-state index contributed by atoms with van der Waals surface area (Å²) in [4.78, 5) is 27.6. The van der Waals surface area contributed by atoms with Crippen molar-refractivity contribution in [1.82, 2.24) is 9.13 Å². The molecule has 10 rings (SSSR count). The van der Waals surface area contributed by atoms with Gasteiger partial charge in [-0.1, -0.05) is 112 Å². The van der Waals surface area contributed by atoms with Gasteiger partial charge < -0.3 is 18.3 Å². The number of rotatable bonds is 13. The summed E-state index contributed by atoms with van der Waals surface area (Å²) >= 11 is 10.9. The Bertz CT molecular complexity index is 3360. The molecule has 10 aromatic rings. The van der Waals surface area contributed by atoms with Gasteiger partial charge in [-0.15, -0.1) is 0 Å². The number of para-hydroxylation sites is 4. The van der Waals surface area contributed by atoms with Gasteiger partial charge in [0, 0.05) is 22.3 Å². The van der Waals surface area contributed by atoms with Crippen LogP contribution in [0.25, 0.3) is 77.1 Å². The van der Waals surface area contributed by atoms with Gasteiger partial charge in [0.05, 0.1) is 24.2 Å². The van der Waals surface area contributed by atoms with Gasteiger partial charge >= 0.3 is 0 Å². The molecule has 0 saturated carbocycles. The summed E-state index contributed by atoms with van der Waals surface area (Å²) in [6.07, 6.45) is 3.86. The molecule has 0 saturated heterocycles. The zero-order valence-corrected chi connectivity index (χ0v) is 38.0. The van der Waals surface area contributed by atoms with E-state index in [9.17, 15) is 9.59 Å². The minimum Gasteiger partial charge on any atom is -0.493 e. The fourth-order valence-corrected chi connectivity index (χ4v) is 9.12. The fraction of sp³-hybridized carbons (Fsp3) is 0.143. The van der Waals surface area contributed by atoms with Gasteiger partial charge in [0.2, 0.25) is 0 Å². The standard InChI is InChI=1S/C56H44N2O6S2/c1-3-5-31-61-49-29-25-41-33-39(35-15-19-37(20-16-35)53(59)57-45-11-7-9-13-47(45)63-55(57)65)23-27-43(41)51(49)52-44-28-24-40(34-42(44)26-30-50(52)62-32-6-4-2)36-17-21-38(22-18-36)54(60)58-46-12-8-10-14-48(46)64-56(58)66/h7-30,33-34H,3-6,31-32H2,1-2H3. The number of aromatic nitrogens is 2. The number of oxazole rings is 2. The van der Waals surface area contributed by atoms with E-state index in [0.717, 1.165) is 92.1 Å². The molecule has 0 bridgehead atoms. The van der Waals surface area contributed by atoms with Crippen LogP contribution < -0.4 is 9.47 Å². The maximum absolute atomic E-state index is 13.7. The minimum atomic E-state index is -0.245. The van der Waals surface area contributed by atoms with Crippen molar-refractivity contribution in [2.45, 2.75) is 39.5 Å². The molecular formula is C56H44N2O6S2. The van der Waals surface area contributed by atoms with Crippen molar-refractivity contribution in [3.05, 3.63) is 179 Å². The first kappa shape index (κ1) is 42.5. The predicted octanol–water partition coefficient (Wildman–Crippen LogP) is 15.3. The highest BCUT2D eigenvalue weighted by Gasteiger charge is 2.22. The molecule has 326 valence electrons. The van der Waals surface area contributed by atoms with Crippen LogP contribution in [0.3, 0.4) is 0 Å². The minimum absolute atomic E-state index is 0.117. The van der Waals surface area contributed by atoms with Crippen molar-refractivity contribution >= 4 is 80.0 Å². The molecule has 0 fully saturated rings. The number of nitrogens with zero attached hydrogens (tertiary/aromatic N) is 2. The van der Waals surface area contributed by atoms with Crippen molar-refractivity contribution in [2.75, 3.05) is 13.2 Å². The fourth-order valence-electron chi connectivity index (χ4n) is 8.57. The van der Waals surface area contributed by atoms with Crippen LogP contribution in [0.1, 0.15) is 60.2 Å².